The molecule has 2 aromatic rings. The molecule has 4 rings (SSSR count). The zero-order valence-corrected chi connectivity index (χ0v) is 15.7. The largest absolute Gasteiger partial charge is 0.345 e. The van der Waals surface area contributed by atoms with Crippen LogP contribution in [0.3, 0.4) is 0 Å². The van der Waals surface area contributed by atoms with E-state index in [2.05, 4.69) is 10.6 Å². The normalized spacial score (nSPS) is 18.6. The summed E-state index contributed by atoms with van der Waals surface area (Å²) in [5, 5.41) is 5.45. The monoisotopic (exact) mass is 399 g/mol. The van der Waals surface area contributed by atoms with Crippen LogP contribution in [0.4, 0.5) is 9.18 Å². The number of hydrogen-bond donors (Lipinski definition) is 2. The van der Waals surface area contributed by atoms with Crippen LogP contribution in [0.1, 0.15) is 33.9 Å². The molecular formula is C20H18FN3O3S. The number of carbonyl (C=O) groups is 3. The van der Waals surface area contributed by atoms with Crippen LogP contribution in [-0.2, 0) is 11.3 Å². The van der Waals surface area contributed by atoms with Gasteiger partial charge in [-0.25, -0.2) is 9.18 Å². The summed E-state index contributed by atoms with van der Waals surface area (Å²) in [5.74, 6) is -0.142. The summed E-state index contributed by atoms with van der Waals surface area (Å²) in [5.41, 5.74) is 1.75. The molecular weight excluding hydrogens is 381 g/mol. The number of halogens is 1. The van der Waals surface area contributed by atoms with Crippen LogP contribution < -0.4 is 10.6 Å². The standard InChI is InChI=1S/C20H18FN3O3S/c21-13-5-6-17-15(9-13)16(7-8-28-17)23-19(26)14-4-2-1-3-12(14)11-24-18(25)10-22-20(24)27/h1-6,9,16H,7-8,10-11H2,(H,22,27)(H,23,26). The van der Waals surface area contributed by atoms with E-state index in [4.69, 9.17) is 0 Å². The Morgan fingerprint density at radius 2 is 2.07 bits per heavy atom. The van der Waals surface area contributed by atoms with Gasteiger partial charge in [0.15, 0.2) is 0 Å². The summed E-state index contributed by atoms with van der Waals surface area (Å²) in [6, 6.07) is 10.7. The summed E-state index contributed by atoms with van der Waals surface area (Å²) in [7, 11) is 0. The predicted molar refractivity (Wildman–Crippen MR) is 102 cm³/mol. The number of fused-ring (bicyclic) bond motifs is 1. The highest BCUT2D eigenvalue weighted by molar-refractivity contribution is 7.99. The third kappa shape index (κ3) is 3.60. The van der Waals surface area contributed by atoms with Gasteiger partial charge in [0.2, 0.25) is 5.91 Å². The molecule has 0 aromatic heterocycles. The molecule has 1 atom stereocenters. The van der Waals surface area contributed by atoms with Crippen LogP contribution in [0.2, 0.25) is 0 Å². The van der Waals surface area contributed by atoms with Crippen LogP contribution in [0.5, 0.6) is 0 Å². The van der Waals surface area contributed by atoms with Gasteiger partial charge in [-0.1, -0.05) is 18.2 Å². The second kappa shape index (κ2) is 7.63. The SMILES string of the molecule is O=C(NC1CCSc2ccc(F)cc21)c1ccccc1CN1C(=O)CNC1=O. The first kappa shape index (κ1) is 18.5. The van der Waals surface area contributed by atoms with E-state index in [1.165, 1.54) is 12.1 Å². The fourth-order valence-corrected chi connectivity index (χ4v) is 4.52. The van der Waals surface area contributed by atoms with Crippen LogP contribution in [0.15, 0.2) is 47.4 Å². The molecule has 0 saturated carbocycles. The smallest absolute Gasteiger partial charge is 0.324 e. The third-order valence-corrected chi connectivity index (χ3v) is 5.97. The Morgan fingerprint density at radius 1 is 1.25 bits per heavy atom. The summed E-state index contributed by atoms with van der Waals surface area (Å²) < 4.78 is 13.7. The maximum atomic E-state index is 13.7. The van der Waals surface area contributed by atoms with Crippen molar-refractivity contribution in [2.24, 2.45) is 0 Å². The van der Waals surface area contributed by atoms with Gasteiger partial charge in [-0.05, 0) is 41.8 Å². The van der Waals surface area contributed by atoms with Gasteiger partial charge in [-0.15, -0.1) is 11.8 Å². The van der Waals surface area contributed by atoms with Crippen molar-refractivity contribution in [3.8, 4) is 0 Å². The molecule has 2 heterocycles. The number of nitrogens with zero attached hydrogens (tertiary/aromatic N) is 1. The fraction of sp³-hybridized carbons (Fsp3) is 0.250. The molecule has 2 N–H and O–H groups in total. The molecule has 1 saturated heterocycles. The van der Waals surface area contributed by atoms with Crippen molar-refractivity contribution < 1.29 is 18.8 Å². The highest BCUT2D eigenvalue weighted by atomic mass is 32.2. The number of benzene rings is 2. The average Bonchev–Trinajstić information content (AvgIpc) is 3.01. The van der Waals surface area contributed by atoms with E-state index in [9.17, 15) is 18.8 Å². The van der Waals surface area contributed by atoms with Crippen molar-refractivity contribution in [3.05, 3.63) is 65.0 Å². The molecule has 0 bridgehead atoms. The van der Waals surface area contributed by atoms with Gasteiger partial charge < -0.3 is 10.6 Å². The first-order valence-electron chi connectivity index (χ1n) is 8.92. The number of amides is 4. The topological polar surface area (TPSA) is 78.5 Å². The van der Waals surface area contributed by atoms with Crippen LogP contribution in [0, 0.1) is 5.82 Å². The molecule has 1 unspecified atom stereocenters. The van der Waals surface area contributed by atoms with Crippen molar-refractivity contribution in [3.63, 3.8) is 0 Å². The molecule has 6 nitrogen and oxygen atoms in total. The number of imide groups is 1. The van der Waals surface area contributed by atoms with Crippen molar-refractivity contribution >= 4 is 29.6 Å². The van der Waals surface area contributed by atoms with E-state index < -0.39 is 6.03 Å². The van der Waals surface area contributed by atoms with Gasteiger partial charge >= 0.3 is 6.03 Å². The molecule has 0 aliphatic carbocycles. The van der Waals surface area contributed by atoms with Gasteiger partial charge in [-0.2, -0.15) is 0 Å². The predicted octanol–water partition coefficient (Wildman–Crippen LogP) is 2.84. The molecule has 0 radical (unpaired) electrons. The number of carbonyl (C=O) groups excluding carboxylic acids is 3. The Hall–Kier alpha value is -2.87. The lowest BCUT2D eigenvalue weighted by Crippen LogP contribution is -2.34. The summed E-state index contributed by atoms with van der Waals surface area (Å²) in [6.07, 6.45) is 0.696. The minimum atomic E-state index is -0.464. The first-order valence-corrected chi connectivity index (χ1v) is 9.90. The summed E-state index contributed by atoms with van der Waals surface area (Å²) >= 11 is 1.64. The lowest BCUT2D eigenvalue weighted by molar-refractivity contribution is -0.125. The molecule has 4 amide bonds. The van der Waals surface area contributed by atoms with Crippen molar-refractivity contribution in [1.29, 1.82) is 0 Å². The van der Waals surface area contributed by atoms with Gasteiger partial charge in [0.1, 0.15) is 5.82 Å². The van der Waals surface area contributed by atoms with Crippen LogP contribution in [-0.4, -0.2) is 35.0 Å². The molecule has 8 heteroatoms. The number of rotatable bonds is 4. The molecule has 2 aliphatic heterocycles. The van der Waals surface area contributed by atoms with Crippen molar-refractivity contribution in [2.45, 2.75) is 23.9 Å². The molecule has 2 aromatic carbocycles. The Balaban J connectivity index is 1.56. The highest BCUT2D eigenvalue weighted by Crippen LogP contribution is 2.36. The first-order chi connectivity index (χ1) is 13.5. The maximum Gasteiger partial charge on any atom is 0.324 e. The molecule has 144 valence electrons. The third-order valence-electron chi connectivity index (χ3n) is 4.84. The maximum absolute atomic E-state index is 13.7. The summed E-state index contributed by atoms with van der Waals surface area (Å²) in [6.45, 7) is -0.00468. The van der Waals surface area contributed by atoms with Crippen LogP contribution in [0.25, 0.3) is 0 Å². The highest BCUT2D eigenvalue weighted by Gasteiger charge is 2.30. The molecule has 0 spiro atoms. The fourth-order valence-electron chi connectivity index (χ4n) is 3.42. The zero-order chi connectivity index (χ0) is 19.7. The number of nitrogens with one attached hydrogen (secondary N) is 2. The molecule has 1 fully saturated rings. The van der Waals surface area contributed by atoms with Gasteiger partial charge in [-0.3, -0.25) is 14.5 Å². The van der Waals surface area contributed by atoms with E-state index in [-0.39, 0.29) is 36.8 Å². The van der Waals surface area contributed by atoms with E-state index in [0.717, 1.165) is 21.1 Å². The average molecular weight is 399 g/mol. The quantitative estimate of drug-likeness (QED) is 0.775. The second-order valence-electron chi connectivity index (χ2n) is 6.64. The van der Waals surface area contributed by atoms with Crippen molar-refractivity contribution in [1.82, 2.24) is 15.5 Å². The Kier molecular flexibility index (Phi) is 5.04. The van der Waals surface area contributed by atoms with Gasteiger partial charge in [0.25, 0.3) is 5.91 Å². The van der Waals surface area contributed by atoms with E-state index in [1.807, 2.05) is 0 Å². The van der Waals surface area contributed by atoms with E-state index in [0.29, 0.717) is 17.5 Å². The lowest BCUT2D eigenvalue weighted by Gasteiger charge is -2.26. The Morgan fingerprint density at radius 3 is 2.86 bits per heavy atom. The van der Waals surface area contributed by atoms with Gasteiger partial charge in [0.05, 0.1) is 19.1 Å². The van der Waals surface area contributed by atoms with E-state index >= 15 is 0 Å². The number of urea groups is 1. The number of hydrogen-bond acceptors (Lipinski definition) is 4. The Bertz CT molecular complexity index is 949. The lowest BCUT2D eigenvalue weighted by atomic mass is 10.0. The van der Waals surface area contributed by atoms with Crippen LogP contribution >= 0.6 is 11.8 Å². The number of thioether (sulfide) groups is 1. The second-order valence-corrected chi connectivity index (χ2v) is 7.78. The summed E-state index contributed by atoms with van der Waals surface area (Å²) in [4.78, 5) is 38.7. The molecule has 2 aliphatic rings. The minimum absolute atomic E-state index is 0.0278. The Labute approximate surface area is 165 Å². The zero-order valence-electron chi connectivity index (χ0n) is 14.9. The van der Waals surface area contributed by atoms with Crippen molar-refractivity contribution in [2.75, 3.05) is 12.3 Å². The van der Waals surface area contributed by atoms with Gasteiger partial charge in [0, 0.05) is 16.2 Å². The minimum Gasteiger partial charge on any atom is -0.345 e. The van der Waals surface area contributed by atoms with E-state index in [1.54, 1.807) is 42.1 Å². The molecule has 28 heavy (non-hydrogen) atoms.